The van der Waals surface area contributed by atoms with E-state index in [4.69, 9.17) is 5.90 Å². The predicted octanol–water partition coefficient (Wildman–Crippen LogP) is -0.0446. The van der Waals surface area contributed by atoms with E-state index in [0.717, 1.165) is 0 Å². The third-order valence-electron chi connectivity index (χ3n) is 0.0821. The molecular weight excluding hydrogens is 155 g/mol. The Balaban J connectivity index is -0.0000000800. The van der Waals surface area contributed by atoms with Crippen LogP contribution in [0, 0.1) is 7.43 Å². The minimum atomic E-state index is -1.91. The molecule has 0 aromatic heterocycles. The molecular formula is CH6N2O2SV. The zero-order valence-electron chi connectivity index (χ0n) is 3.75. The molecule has 1 atom stereocenters. The molecule has 0 aliphatic heterocycles. The zero-order valence-corrected chi connectivity index (χ0v) is 5.96. The molecule has 0 bridgehead atoms. The van der Waals surface area contributed by atoms with Gasteiger partial charge in [0.2, 0.25) is 11.3 Å². The molecule has 0 fully saturated rings. The average Bonchev–Trinajstić information content (AvgIpc) is 1.38. The molecule has 4 nitrogen and oxygen atoms in total. The van der Waals surface area contributed by atoms with Gasteiger partial charge in [0, 0.05) is 0 Å². The maximum Gasteiger partial charge on any atom is 2.00 e. The van der Waals surface area contributed by atoms with E-state index in [1.165, 1.54) is 0 Å². The van der Waals surface area contributed by atoms with E-state index >= 15 is 0 Å². The van der Waals surface area contributed by atoms with E-state index < -0.39 is 11.3 Å². The van der Waals surface area contributed by atoms with E-state index in [9.17, 15) is 4.21 Å². The molecule has 3 N–H and O–H groups in total. The van der Waals surface area contributed by atoms with Crippen LogP contribution < -0.4 is 5.14 Å². The second-order valence-corrected chi connectivity index (χ2v) is 1.03. The van der Waals surface area contributed by atoms with Crippen LogP contribution in [0.15, 0.2) is 0 Å². The Labute approximate surface area is 57.2 Å². The smallest absolute Gasteiger partial charge is 0.532 e. The summed E-state index contributed by atoms with van der Waals surface area (Å²) in [6.07, 6.45) is 0. The van der Waals surface area contributed by atoms with Gasteiger partial charge in [0.15, 0.2) is 0 Å². The van der Waals surface area contributed by atoms with Crippen molar-refractivity contribution >= 4 is 11.3 Å². The summed E-state index contributed by atoms with van der Waals surface area (Å²) in [6.45, 7) is 0. The van der Waals surface area contributed by atoms with E-state index in [-0.39, 0.29) is 26.0 Å². The van der Waals surface area contributed by atoms with E-state index in [0.29, 0.717) is 0 Å². The largest absolute Gasteiger partial charge is 2.00 e. The van der Waals surface area contributed by atoms with Gasteiger partial charge in [-0.3, -0.25) is 0 Å². The molecule has 0 rings (SSSR count). The van der Waals surface area contributed by atoms with Gasteiger partial charge in [-0.15, -0.1) is 0 Å². The molecule has 6 heteroatoms. The van der Waals surface area contributed by atoms with Crippen LogP contribution in [0.3, 0.4) is 0 Å². The minimum Gasteiger partial charge on any atom is -0.532 e. The third-order valence-corrected chi connectivity index (χ3v) is 0.246. The SMILES string of the molecule is [CH3-].[NH-]OS(N)=O.[V+2]. The van der Waals surface area contributed by atoms with Crippen LogP contribution in [-0.4, -0.2) is 4.21 Å². The molecule has 0 saturated carbocycles. The number of rotatable bonds is 1. The van der Waals surface area contributed by atoms with Gasteiger partial charge in [0.25, 0.3) is 0 Å². The maximum absolute atomic E-state index is 9.29. The molecule has 0 aliphatic carbocycles. The quantitative estimate of drug-likeness (QED) is 0.432. The molecule has 0 amide bonds. The van der Waals surface area contributed by atoms with Crippen molar-refractivity contribution in [2.75, 3.05) is 0 Å². The van der Waals surface area contributed by atoms with Gasteiger partial charge in [-0.05, 0) is 0 Å². The second-order valence-electron chi connectivity index (χ2n) is 0.344. The number of hydrogen-bond donors (Lipinski definition) is 1. The van der Waals surface area contributed by atoms with Crippen molar-refractivity contribution in [3.05, 3.63) is 13.3 Å². The van der Waals surface area contributed by atoms with Crippen LogP contribution in [-0.2, 0) is 34.1 Å². The van der Waals surface area contributed by atoms with E-state index in [1.807, 2.05) is 0 Å². The van der Waals surface area contributed by atoms with Crippen molar-refractivity contribution in [2.24, 2.45) is 5.14 Å². The van der Waals surface area contributed by atoms with Crippen molar-refractivity contribution in [1.82, 2.24) is 0 Å². The standard InChI is InChI=1S/CH3.H3N2O2S.V/c;1-4-5(2)3;/h1H3;1H,2H2;/q2*-1;+2. The van der Waals surface area contributed by atoms with Gasteiger partial charge < -0.3 is 17.6 Å². The maximum atomic E-state index is 9.29. The van der Waals surface area contributed by atoms with Crippen LogP contribution in [0.5, 0.6) is 0 Å². The van der Waals surface area contributed by atoms with Gasteiger partial charge in [-0.2, -0.15) is 0 Å². The topological polar surface area (TPSA) is 76.1 Å². The first-order chi connectivity index (χ1) is 2.27. The molecule has 0 aromatic rings. The number of nitrogens with two attached hydrogens (primary N) is 1. The summed E-state index contributed by atoms with van der Waals surface area (Å²) in [5, 5.41) is 4.35. The Morgan fingerprint density at radius 2 is 1.86 bits per heavy atom. The molecule has 7 heavy (non-hydrogen) atoms. The fraction of sp³-hybridized carbons (Fsp3) is 0. The van der Waals surface area contributed by atoms with Crippen molar-refractivity contribution < 1.29 is 27.0 Å². The summed E-state index contributed by atoms with van der Waals surface area (Å²) in [5.41, 5.74) is 0. The molecule has 43 valence electrons. The summed E-state index contributed by atoms with van der Waals surface area (Å²) in [7, 11) is 0. The Bertz CT molecular complexity index is 51.0. The van der Waals surface area contributed by atoms with E-state index in [2.05, 4.69) is 9.42 Å². The summed E-state index contributed by atoms with van der Waals surface area (Å²) < 4.78 is 12.5. The third kappa shape index (κ3) is 20.6. The van der Waals surface area contributed by atoms with Crippen molar-refractivity contribution in [3.8, 4) is 0 Å². The Hall–Kier alpha value is 0.614. The van der Waals surface area contributed by atoms with Gasteiger partial charge in [0.05, 0.1) is 0 Å². The minimum absolute atomic E-state index is 0. The van der Waals surface area contributed by atoms with Gasteiger partial charge >= 0.3 is 18.6 Å². The van der Waals surface area contributed by atoms with Crippen molar-refractivity contribution in [2.45, 2.75) is 0 Å². The van der Waals surface area contributed by atoms with Gasteiger partial charge in [-0.1, -0.05) is 0 Å². The first-order valence-corrected chi connectivity index (χ1v) is 1.91. The average molecular weight is 161 g/mol. The predicted molar refractivity (Wildman–Crippen MR) is 24.2 cm³/mol. The van der Waals surface area contributed by atoms with Crippen LogP contribution >= 0.6 is 0 Å². The van der Waals surface area contributed by atoms with Gasteiger partial charge in [-0.25, -0.2) is 9.35 Å². The van der Waals surface area contributed by atoms with Crippen LogP contribution in [0.4, 0.5) is 0 Å². The van der Waals surface area contributed by atoms with Crippen LogP contribution in [0.25, 0.3) is 5.90 Å². The normalized spacial score (nSPS) is 10.6. The van der Waals surface area contributed by atoms with E-state index in [1.54, 1.807) is 0 Å². The number of hydrogen-bond acceptors (Lipinski definition) is 2. The first kappa shape index (κ1) is 15.6. The first-order valence-electron chi connectivity index (χ1n) is 0.773. The molecule has 0 heterocycles. The van der Waals surface area contributed by atoms with Crippen LogP contribution in [0.2, 0.25) is 0 Å². The molecule has 0 saturated heterocycles. The Morgan fingerprint density at radius 1 is 1.71 bits per heavy atom. The molecule has 1 unspecified atom stereocenters. The monoisotopic (exact) mass is 161 g/mol. The fourth-order valence-electron chi connectivity index (χ4n) is 0. The molecule has 1 radical (unpaired) electrons. The second kappa shape index (κ2) is 9.79. The summed E-state index contributed by atoms with van der Waals surface area (Å²) in [4.78, 5) is 0. The van der Waals surface area contributed by atoms with Crippen molar-refractivity contribution in [1.29, 1.82) is 0 Å². The fourth-order valence-corrected chi connectivity index (χ4v) is 0. The number of nitrogens with one attached hydrogen (secondary N) is 1. The summed E-state index contributed by atoms with van der Waals surface area (Å²) in [6, 6.07) is 0. The molecule has 0 spiro atoms. The van der Waals surface area contributed by atoms with Crippen LogP contribution in [0.1, 0.15) is 0 Å². The zero-order chi connectivity index (χ0) is 4.28. The molecule has 0 aromatic carbocycles. The summed E-state index contributed by atoms with van der Waals surface area (Å²) >= 11 is -1.91. The summed E-state index contributed by atoms with van der Waals surface area (Å²) in [5.74, 6) is 5.73. The Kier molecular flexibility index (Phi) is 21.9. The molecule has 0 aliphatic rings. The van der Waals surface area contributed by atoms with Crippen molar-refractivity contribution in [3.63, 3.8) is 0 Å². The van der Waals surface area contributed by atoms with Gasteiger partial charge in [0.1, 0.15) is 0 Å². The Morgan fingerprint density at radius 3 is 1.86 bits per heavy atom.